The zero-order chi connectivity index (χ0) is 29.0. The van der Waals surface area contributed by atoms with Gasteiger partial charge in [0.25, 0.3) is 0 Å². The molecule has 0 atom stereocenters. The normalized spacial score (nSPS) is 11.0. The molecule has 4 rings (SSSR count). The van der Waals surface area contributed by atoms with Gasteiger partial charge in [0, 0.05) is 31.8 Å². The molecule has 1 heterocycles. The monoisotopic (exact) mass is 556 g/mol. The summed E-state index contributed by atoms with van der Waals surface area (Å²) < 4.78 is 7.59. The Hall–Kier alpha value is -4.17. The van der Waals surface area contributed by atoms with Crippen molar-refractivity contribution in [3.63, 3.8) is 0 Å². The number of rotatable bonds is 14. The molecule has 0 saturated carbocycles. The number of aliphatic hydroxyl groups is 1. The smallest absolute Gasteiger partial charge is 0.338 e. The van der Waals surface area contributed by atoms with Gasteiger partial charge in [-0.2, -0.15) is 0 Å². The van der Waals surface area contributed by atoms with Crippen LogP contribution in [0.15, 0.2) is 66.7 Å². The molecule has 0 saturated heterocycles. The highest BCUT2D eigenvalue weighted by molar-refractivity contribution is 5.97. The van der Waals surface area contributed by atoms with Gasteiger partial charge in [-0.3, -0.25) is 0 Å². The zero-order valence-electron chi connectivity index (χ0n) is 24.0. The van der Waals surface area contributed by atoms with Crippen molar-refractivity contribution in [2.45, 2.75) is 58.9 Å². The molecule has 0 aliphatic carbocycles. The van der Waals surface area contributed by atoms with Gasteiger partial charge in [0.15, 0.2) is 0 Å². The standard InChI is InChI=1S/C33H40N4O4/c1-3-5-14-31-36-29-18-16-26(35-33(40)34-19-10-7-11-20-38)22-30(29)37(31)23-24-15-17-27(25-12-8-6-9-13-25)28(21-24)32(39)41-4-2/h6,8-9,12-13,15-18,21-22,38H,3-5,7,10-11,14,19-20,23H2,1-2H3,(H2,34,35,40). The van der Waals surface area contributed by atoms with Crippen molar-refractivity contribution in [2.75, 3.05) is 25.1 Å². The first-order valence-electron chi connectivity index (χ1n) is 14.5. The van der Waals surface area contributed by atoms with E-state index in [1.165, 1.54) is 0 Å². The summed E-state index contributed by atoms with van der Waals surface area (Å²) in [5.41, 5.74) is 5.75. The number of benzene rings is 3. The van der Waals surface area contributed by atoms with Crippen LogP contribution in [0.1, 0.15) is 67.7 Å². The first-order chi connectivity index (χ1) is 20.0. The minimum absolute atomic E-state index is 0.168. The average molecular weight is 557 g/mol. The van der Waals surface area contributed by atoms with E-state index in [0.717, 1.165) is 72.1 Å². The number of aromatic nitrogens is 2. The predicted molar refractivity (Wildman–Crippen MR) is 163 cm³/mol. The van der Waals surface area contributed by atoms with E-state index < -0.39 is 0 Å². The molecule has 0 unspecified atom stereocenters. The molecule has 0 spiro atoms. The van der Waals surface area contributed by atoms with E-state index in [-0.39, 0.29) is 18.6 Å². The summed E-state index contributed by atoms with van der Waals surface area (Å²) in [5.74, 6) is 0.626. The molecule has 0 bridgehead atoms. The lowest BCUT2D eigenvalue weighted by Crippen LogP contribution is -2.29. The highest BCUT2D eigenvalue weighted by Gasteiger charge is 2.17. The Kier molecular flexibility index (Phi) is 10.9. The highest BCUT2D eigenvalue weighted by Crippen LogP contribution is 2.28. The number of hydrogen-bond acceptors (Lipinski definition) is 5. The Bertz CT molecular complexity index is 1450. The number of ether oxygens (including phenoxy) is 1. The Labute approximate surface area is 241 Å². The van der Waals surface area contributed by atoms with Gasteiger partial charge in [-0.05, 0) is 73.6 Å². The van der Waals surface area contributed by atoms with Gasteiger partial charge >= 0.3 is 12.0 Å². The number of nitrogens with zero attached hydrogens (tertiary/aromatic N) is 2. The van der Waals surface area contributed by atoms with Crippen molar-refractivity contribution in [3.8, 4) is 11.1 Å². The van der Waals surface area contributed by atoms with E-state index in [9.17, 15) is 9.59 Å². The number of hydrogen-bond donors (Lipinski definition) is 3. The van der Waals surface area contributed by atoms with Crippen LogP contribution in [0.3, 0.4) is 0 Å². The number of imidazole rings is 1. The van der Waals surface area contributed by atoms with Crippen LogP contribution in [0.25, 0.3) is 22.2 Å². The van der Waals surface area contributed by atoms with Gasteiger partial charge in [0.1, 0.15) is 5.82 Å². The summed E-state index contributed by atoms with van der Waals surface area (Å²) in [6.45, 7) is 5.51. The van der Waals surface area contributed by atoms with Crippen molar-refractivity contribution in [1.29, 1.82) is 0 Å². The van der Waals surface area contributed by atoms with Gasteiger partial charge in [-0.1, -0.05) is 55.8 Å². The molecular weight excluding hydrogens is 516 g/mol. The van der Waals surface area contributed by atoms with Crippen molar-refractivity contribution in [3.05, 3.63) is 83.7 Å². The number of amides is 2. The maximum absolute atomic E-state index is 13.0. The van der Waals surface area contributed by atoms with Gasteiger partial charge in [0.2, 0.25) is 0 Å². The van der Waals surface area contributed by atoms with E-state index in [4.69, 9.17) is 14.8 Å². The van der Waals surface area contributed by atoms with Crippen molar-refractivity contribution in [1.82, 2.24) is 14.9 Å². The van der Waals surface area contributed by atoms with Gasteiger partial charge in [0.05, 0.1) is 23.2 Å². The second-order valence-corrected chi connectivity index (χ2v) is 10.1. The van der Waals surface area contributed by atoms with Crippen LogP contribution in [0.2, 0.25) is 0 Å². The fraction of sp³-hybridized carbons (Fsp3) is 0.364. The van der Waals surface area contributed by atoms with Crippen molar-refractivity contribution in [2.24, 2.45) is 0 Å². The first kappa shape index (κ1) is 29.8. The second kappa shape index (κ2) is 15.0. The van der Waals surface area contributed by atoms with E-state index >= 15 is 0 Å². The number of fused-ring (bicyclic) bond motifs is 1. The number of anilines is 1. The number of aliphatic hydroxyl groups excluding tert-OH is 1. The first-order valence-corrected chi connectivity index (χ1v) is 14.5. The van der Waals surface area contributed by atoms with Gasteiger partial charge in [-0.25, -0.2) is 14.6 Å². The Morgan fingerprint density at radius 1 is 0.951 bits per heavy atom. The summed E-state index contributed by atoms with van der Waals surface area (Å²) in [7, 11) is 0. The highest BCUT2D eigenvalue weighted by atomic mass is 16.5. The molecule has 2 amide bonds. The molecular formula is C33H40N4O4. The van der Waals surface area contributed by atoms with E-state index in [2.05, 4.69) is 22.1 Å². The van der Waals surface area contributed by atoms with Crippen LogP contribution in [0, 0.1) is 0 Å². The summed E-state index contributed by atoms with van der Waals surface area (Å²) in [4.78, 5) is 30.4. The lowest BCUT2D eigenvalue weighted by Gasteiger charge is -2.14. The van der Waals surface area contributed by atoms with Crippen LogP contribution >= 0.6 is 0 Å². The van der Waals surface area contributed by atoms with Crippen molar-refractivity contribution >= 4 is 28.7 Å². The van der Waals surface area contributed by atoms with Gasteiger partial charge < -0.3 is 25.0 Å². The molecule has 1 aromatic heterocycles. The quantitative estimate of drug-likeness (QED) is 0.121. The molecule has 3 N–H and O–H groups in total. The number of urea groups is 1. The SMILES string of the molecule is CCCCc1nc2ccc(NC(=O)NCCCCCO)cc2n1Cc1ccc(-c2ccccc2)c(C(=O)OCC)c1. The lowest BCUT2D eigenvalue weighted by atomic mass is 9.97. The zero-order valence-corrected chi connectivity index (χ0v) is 24.0. The third kappa shape index (κ3) is 7.95. The predicted octanol–water partition coefficient (Wildman–Crippen LogP) is 6.56. The van der Waals surface area contributed by atoms with Gasteiger partial charge in [-0.15, -0.1) is 0 Å². The maximum atomic E-state index is 13.0. The molecule has 0 aliphatic heterocycles. The topological polar surface area (TPSA) is 105 Å². The average Bonchev–Trinajstić information content (AvgIpc) is 3.32. The number of unbranched alkanes of at least 4 members (excludes halogenated alkanes) is 3. The fourth-order valence-corrected chi connectivity index (χ4v) is 4.86. The third-order valence-corrected chi connectivity index (χ3v) is 6.96. The molecule has 216 valence electrons. The minimum atomic E-state index is -0.344. The molecule has 0 radical (unpaired) electrons. The number of carbonyl (C=O) groups excluding carboxylic acids is 2. The fourth-order valence-electron chi connectivity index (χ4n) is 4.86. The summed E-state index contributed by atoms with van der Waals surface area (Å²) in [6, 6.07) is 21.3. The minimum Gasteiger partial charge on any atom is -0.462 e. The lowest BCUT2D eigenvalue weighted by molar-refractivity contribution is 0.0527. The largest absolute Gasteiger partial charge is 0.462 e. The maximum Gasteiger partial charge on any atom is 0.338 e. The number of aryl methyl sites for hydroxylation is 1. The Morgan fingerprint density at radius 2 is 1.78 bits per heavy atom. The molecule has 4 aromatic rings. The van der Waals surface area contributed by atoms with Crippen molar-refractivity contribution < 1.29 is 19.4 Å². The molecule has 3 aromatic carbocycles. The third-order valence-electron chi connectivity index (χ3n) is 6.96. The summed E-state index contributed by atoms with van der Waals surface area (Å²) >= 11 is 0. The number of nitrogens with one attached hydrogen (secondary N) is 2. The second-order valence-electron chi connectivity index (χ2n) is 10.1. The van der Waals surface area contributed by atoms with Crippen LogP contribution < -0.4 is 10.6 Å². The van der Waals surface area contributed by atoms with Crippen LogP contribution in [0.5, 0.6) is 0 Å². The van der Waals surface area contributed by atoms with E-state index in [0.29, 0.717) is 30.9 Å². The van der Waals surface area contributed by atoms with Crippen LogP contribution in [-0.2, 0) is 17.7 Å². The van der Waals surface area contributed by atoms with E-state index in [1.54, 1.807) is 0 Å². The summed E-state index contributed by atoms with van der Waals surface area (Å²) in [5, 5.41) is 14.7. The van der Waals surface area contributed by atoms with Crippen LogP contribution in [-0.4, -0.2) is 46.4 Å². The number of carbonyl (C=O) groups is 2. The number of esters is 1. The summed E-state index contributed by atoms with van der Waals surface area (Å²) in [6.07, 6.45) is 5.31. The molecule has 8 nitrogen and oxygen atoms in total. The molecule has 0 fully saturated rings. The Morgan fingerprint density at radius 3 is 2.54 bits per heavy atom. The Balaban J connectivity index is 1.63. The molecule has 41 heavy (non-hydrogen) atoms. The van der Waals surface area contributed by atoms with Crippen LogP contribution in [0.4, 0.5) is 10.5 Å². The van der Waals surface area contributed by atoms with E-state index in [1.807, 2.05) is 73.7 Å². The molecule has 0 aliphatic rings. The molecule has 8 heteroatoms.